The maximum Gasteiger partial charge on any atom is -0.000493 e. The van der Waals surface area contributed by atoms with Crippen LogP contribution in [0.5, 0.6) is 0 Å². The Kier molecular flexibility index (Phi) is 6.91. The van der Waals surface area contributed by atoms with Crippen LogP contribution in [0.1, 0.15) is 68.9 Å². The Morgan fingerprint density at radius 2 is 1.92 bits per heavy atom. The topological polar surface area (TPSA) is 26.0 Å². The molecule has 0 aromatic heterocycles. The molecule has 0 amide bonds. The van der Waals surface area contributed by atoms with Crippen molar-refractivity contribution in [2.24, 2.45) is 17.6 Å². The van der Waals surface area contributed by atoms with Gasteiger partial charge in [-0.1, -0.05) is 74.4 Å². The molecule has 2 aliphatic carbocycles. The lowest BCUT2D eigenvalue weighted by molar-refractivity contribution is 0.336. The van der Waals surface area contributed by atoms with Crippen LogP contribution in [0.15, 0.2) is 60.2 Å². The minimum Gasteiger partial charge on any atom is -0.330 e. The molecular formula is C25H35N. The van der Waals surface area contributed by atoms with Gasteiger partial charge >= 0.3 is 0 Å². The number of hydrogen-bond donors (Lipinski definition) is 1. The SMILES string of the molecule is C=C(C[C@@H](CN)C1=CCCC=C1)C1CCCC[C@H]1c1ccc(CC)cc1. The number of rotatable bonds is 7. The first-order chi connectivity index (χ1) is 12.7. The number of aryl methyl sites for hydroxylation is 1. The molecule has 1 unspecified atom stereocenters. The van der Waals surface area contributed by atoms with E-state index in [9.17, 15) is 0 Å². The summed E-state index contributed by atoms with van der Waals surface area (Å²) in [6.07, 6.45) is 16.7. The van der Waals surface area contributed by atoms with Crippen molar-refractivity contribution in [1.29, 1.82) is 0 Å². The van der Waals surface area contributed by atoms with Crippen molar-refractivity contribution in [3.8, 4) is 0 Å². The van der Waals surface area contributed by atoms with Crippen LogP contribution in [0, 0.1) is 11.8 Å². The van der Waals surface area contributed by atoms with Crippen molar-refractivity contribution < 1.29 is 0 Å². The molecule has 26 heavy (non-hydrogen) atoms. The first-order valence-corrected chi connectivity index (χ1v) is 10.6. The molecule has 1 saturated carbocycles. The Hall–Kier alpha value is -1.60. The van der Waals surface area contributed by atoms with E-state index in [4.69, 9.17) is 5.73 Å². The Labute approximate surface area is 160 Å². The lowest BCUT2D eigenvalue weighted by atomic mass is 9.70. The number of allylic oxidation sites excluding steroid dienone is 4. The van der Waals surface area contributed by atoms with Crippen LogP contribution in [0.3, 0.4) is 0 Å². The van der Waals surface area contributed by atoms with Gasteiger partial charge < -0.3 is 5.73 Å². The van der Waals surface area contributed by atoms with Crippen molar-refractivity contribution in [1.82, 2.24) is 0 Å². The molecule has 1 heteroatoms. The first-order valence-electron chi connectivity index (χ1n) is 10.6. The maximum absolute atomic E-state index is 6.14. The highest BCUT2D eigenvalue weighted by atomic mass is 14.6. The molecule has 1 aromatic rings. The number of hydrogen-bond acceptors (Lipinski definition) is 1. The summed E-state index contributed by atoms with van der Waals surface area (Å²) in [5.41, 5.74) is 11.9. The van der Waals surface area contributed by atoms with E-state index in [-0.39, 0.29) is 0 Å². The average molecular weight is 350 g/mol. The van der Waals surface area contributed by atoms with Gasteiger partial charge in [-0.25, -0.2) is 0 Å². The van der Waals surface area contributed by atoms with E-state index in [1.165, 1.54) is 54.4 Å². The van der Waals surface area contributed by atoms with E-state index >= 15 is 0 Å². The fourth-order valence-electron chi connectivity index (χ4n) is 4.76. The Balaban J connectivity index is 1.72. The number of nitrogens with two attached hydrogens (primary N) is 1. The van der Waals surface area contributed by atoms with Crippen LogP contribution in [-0.2, 0) is 6.42 Å². The smallest absolute Gasteiger partial charge is 0.000493 e. The molecule has 0 saturated heterocycles. The summed E-state index contributed by atoms with van der Waals surface area (Å²) < 4.78 is 0. The van der Waals surface area contributed by atoms with Gasteiger partial charge in [0.15, 0.2) is 0 Å². The summed E-state index contributed by atoms with van der Waals surface area (Å²) in [5.74, 6) is 1.68. The van der Waals surface area contributed by atoms with Gasteiger partial charge in [0.2, 0.25) is 0 Å². The summed E-state index contributed by atoms with van der Waals surface area (Å²) >= 11 is 0. The second kappa shape index (κ2) is 9.37. The van der Waals surface area contributed by atoms with Crippen molar-refractivity contribution in [3.63, 3.8) is 0 Å². The molecule has 1 nitrogen and oxygen atoms in total. The molecular weight excluding hydrogens is 314 g/mol. The molecule has 3 atom stereocenters. The van der Waals surface area contributed by atoms with E-state index in [1.54, 1.807) is 0 Å². The van der Waals surface area contributed by atoms with Crippen molar-refractivity contribution in [2.75, 3.05) is 6.54 Å². The zero-order valence-electron chi connectivity index (χ0n) is 16.4. The van der Waals surface area contributed by atoms with Crippen LogP contribution in [0.2, 0.25) is 0 Å². The molecule has 0 spiro atoms. The zero-order valence-corrected chi connectivity index (χ0v) is 16.4. The molecule has 1 aromatic carbocycles. The van der Waals surface area contributed by atoms with E-state index in [0.29, 0.717) is 17.8 Å². The van der Waals surface area contributed by atoms with Gasteiger partial charge in [0.25, 0.3) is 0 Å². The third-order valence-electron chi connectivity index (χ3n) is 6.39. The molecule has 2 aliphatic rings. The minimum atomic E-state index is 0.434. The van der Waals surface area contributed by atoms with Gasteiger partial charge in [0, 0.05) is 0 Å². The summed E-state index contributed by atoms with van der Waals surface area (Å²) in [7, 11) is 0. The summed E-state index contributed by atoms with van der Waals surface area (Å²) in [4.78, 5) is 0. The predicted molar refractivity (Wildman–Crippen MR) is 113 cm³/mol. The third kappa shape index (κ3) is 4.57. The summed E-state index contributed by atoms with van der Waals surface area (Å²) in [6, 6.07) is 9.35. The van der Waals surface area contributed by atoms with E-state index in [1.807, 2.05) is 0 Å². The number of benzene rings is 1. The van der Waals surface area contributed by atoms with Crippen LogP contribution < -0.4 is 5.73 Å². The zero-order chi connectivity index (χ0) is 18.4. The predicted octanol–water partition coefficient (Wildman–Crippen LogP) is 6.32. The molecule has 1 fully saturated rings. The summed E-state index contributed by atoms with van der Waals surface area (Å²) in [6.45, 7) is 7.51. The van der Waals surface area contributed by atoms with Crippen LogP contribution in [0.25, 0.3) is 0 Å². The first kappa shape index (κ1) is 19.2. The Morgan fingerprint density at radius 3 is 2.58 bits per heavy atom. The highest BCUT2D eigenvalue weighted by molar-refractivity contribution is 5.30. The van der Waals surface area contributed by atoms with Gasteiger partial charge in [0.1, 0.15) is 0 Å². The molecule has 0 radical (unpaired) electrons. The second-order valence-corrected chi connectivity index (χ2v) is 8.07. The van der Waals surface area contributed by atoms with Crippen LogP contribution in [0.4, 0.5) is 0 Å². The Bertz CT molecular complexity index is 649. The maximum atomic E-state index is 6.14. The molecule has 2 N–H and O–H groups in total. The van der Waals surface area contributed by atoms with E-state index in [0.717, 1.165) is 25.8 Å². The normalized spacial score (nSPS) is 24.2. The average Bonchev–Trinajstić information content (AvgIpc) is 2.72. The second-order valence-electron chi connectivity index (χ2n) is 8.07. The van der Waals surface area contributed by atoms with Crippen molar-refractivity contribution >= 4 is 0 Å². The van der Waals surface area contributed by atoms with Gasteiger partial charge in [-0.05, 0) is 79.5 Å². The quantitative estimate of drug-likeness (QED) is 0.573. The van der Waals surface area contributed by atoms with Gasteiger partial charge in [-0.3, -0.25) is 0 Å². The molecule has 140 valence electrons. The summed E-state index contributed by atoms with van der Waals surface area (Å²) in [5, 5.41) is 0. The largest absolute Gasteiger partial charge is 0.330 e. The molecule has 0 bridgehead atoms. The minimum absolute atomic E-state index is 0.434. The van der Waals surface area contributed by atoms with Crippen molar-refractivity contribution in [2.45, 2.75) is 64.2 Å². The molecule has 3 rings (SSSR count). The fourth-order valence-corrected chi connectivity index (χ4v) is 4.76. The third-order valence-corrected chi connectivity index (χ3v) is 6.39. The van der Waals surface area contributed by atoms with Gasteiger partial charge in [-0.2, -0.15) is 0 Å². The Morgan fingerprint density at radius 1 is 1.15 bits per heavy atom. The van der Waals surface area contributed by atoms with Crippen LogP contribution >= 0.6 is 0 Å². The highest BCUT2D eigenvalue weighted by Crippen LogP contribution is 2.43. The lowest BCUT2D eigenvalue weighted by Crippen LogP contribution is -2.24. The van der Waals surface area contributed by atoms with Gasteiger partial charge in [-0.15, -0.1) is 0 Å². The molecule has 0 heterocycles. The van der Waals surface area contributed by atoms with E-state index < -0.39 is 0 Å². The standard InChI is InChI=1S/C25H35N/c1-3-20-13-15-22(16-14-20)25-12-8-7-11-24(25)19(2)17-23(18-26)21-9-5-4-6-10-21/h5,9-10,13-16,23-25H,2-4,6-8,11-12,17-18,26H2,1H3/t23-,24?,25-/m0/s1. The van der Waals surface area contributed by atoms with Crippen LogP contribution in [-0.4, -0.2) is 6.54 Å². The van der Waals surface area contributed by atoms with Gasteiger partial charge in [0.05, 0.1) is 0 Å². The molecule has 0 aliphatic heterocycles. The van der Waals surface area contributed by atoms with Crippen molar-refractivity contribution in [3.05, 3.63) is 71.3 Å². The lowest BCUT2D eigenvalue weighted by Gasteiger charge is -2.35. The monoisotopic (exact) mass is 349 g/mol. The fraction of sp³-hybridized carbons (Fsp3) is 0.520. The van der Waals surface area contributed by atoms with E-state index in [2.05, 4.69) is 56.0 Å². The highest BCUT2D eigenvalue weighted by Gasteiger charge is 2.29.